The number of para-hydroxylation sites is 1. The number of amides is 1. The molecule has 3 aromatic heterocycles. The molecule has 0 aliphatic carbocycles. The van der Waals surface area contributed by atoms with Crippen molar-refractivity contribution in [2.45, 2.75) is 33.0 Å². The molecule has 4 rings (SSSR count). The number of carbonyl (C=O) groups excluding carboxylic acids is 1. The molecule has 3 heterocycles. The van der Waals surface area contributed by atoms with Crippen LogP contribution in [0.1, 0.15) is 26.5 Å². The number of fused-ring (bicyclic) bond motifs is 1. The summed E-state index contributed by atoms with van der Waals surface area (Å²) in [5.74, 6) is 6.19. The Morgan fingerprint density at radius 1 is 1.14 bits per heavy atom. The molecule has 11 nitrogen and oxygen atoms in total. The zero-order valence-electron chi connectivity index (χ0n) is 20.5. The van der Waals surface area contributed by atoms with Crippen molar-refractivity contribution in [1.82, 2.24) is 24.5 Å². The van der Waals surface area contributed by atoms with Crippen molar-refractivity contribution < 1.29 is 14.3 Å². The Bertz CT molecular complexity index is 1390. The first-order valence-corrected chi connectivity index (χ1v) is 11.2. The molecule has 36 heavy (non-hydrogen) atoms. The first-order chi connectivity index (χ1) is 17.1. The van der Waals surface area contributed by atoms with Gasteiger partial charge in [-0.3, -0.25) is 20.7 Å². The largest absolute Gasteiger partial charge is 0.458 e. The van der Waals surface area contributed by atoms with E-state index in [2.05, 4.69) is 15.3 Å². The smallest absolute Gasteiger partial charge is 0.413 e. The average Bonchev–Trinajstić information content (AvgIpc) is 3.20. The number of anilines is 1. The number of nitrogens with one attached hydrogen (secondary N) is 2. The van der Waals surface area contributed by atoms with E-state index in [0.29, 0.717) is 22.5 Å². The second kappa shape index (κ2) is 10.0. The zero-order valence-corrected chi connectivity index (χ0v) is 20.5. The standard InChI is InChI=1S/C25H28N8O3/c1-25(2,3)36-24(34)30-20-12-5-9-17(29-20)15-35-23-31-21-18(16-8-7-13-28-14-16)10-6-11-19(21)33(23)22(26)32(4)27/h5-14,26H,15,27H2,1-4H3,(H,29,30,34). The molecule has 0 aliphatic heterocycles. The monoisotopic (exact) mass is 488 g/mol. The average molecular weight is 489 g/mol. The number of ether oxygens (including phenoxy) is 2. The predicted molar refractivity (Wildman–Crippen MR) is 136 cm³/mol. The first kappa shape index (κ1) is 24.6. The van der Waals surface area contributed by atoms with Crippen LogP contribution in [0.15, 0.2) is 60.9 Å². The van der Waals surface area contributed by atoms with Crippen LogP contribution in [0, 0.1) is 5.41 Å². The maximum atomic E-state index is 12.1. The fourth-order valence-corrected chi connectivity index (χ4v) is 3.47. The summed E-state index contributed by atoms with van der Waals surface area (Å²) in [4.78, 5) is 25.4. The Morgan fingerprint density at radius 2 is 1.92 bits per heavy atom. The van der Waals surface area contributed by atoms with Crippen LogP contribution in [0.25, 0.3) is 22.2 Å². The summed E-state index contributed by atoms with van der Waals surface area (Å²) in [6.07, 6.45) is 2.85. The molecule has 1 aromatic carbocycles. The van der Waals surface area contributed by atoms with Crippen LogP contribution in [0.3, 0.4) is 0 Å². The molecule has 0 saturated carbocycles. The number of rotatable bonds is 5. The van der Waals surface area contributed by atoms with Gasteiger partial charge >= 0.3 is 12.1 Å². The highest BCUT2D eigenvalue weighted by Gasteiger charge is 2.21. The van der Waals surface area contributed by atoms with E-state index >= 15 is 0 Å². The highest BCUT2D eigenvalue weighted by atomic mass is 16.6. The lowest BCUT2D eigenvalue weighted by atomic mass is 10.1. The Hall–Kier alpha value is -4.51. The van der Waals surface area contributed by atoms with Gasteiger partial charge in [0.1, 0.15) is 23.5 Å². The Morgan fingerprint density at radius 3 is 2.61 bits per heavy atom. The topological polar surface area (TPSA) is 144 Å². The molecule has 0 unspecified atom stereocenters. The van der Waals surface area contributed by atoms with Crippen molar-refractivity contribution >= 4 is 28.9 Å². The van der Waals surface area contributed by atoms with E-state index in [1.807, 2.05) is 30.3 Å². The van der Waals surface area contributed by atoms with Crippen molar-refractivity contribution in [3.63, 3.8) is 0 Å². The van der Waals surface area contributed by atoms with E-state index in [0.717, 1.165) is 11.1 Å². The second-order valence-electron chi connectivity index (χ2n) is 9.01. The molecule has 4 aromatic rings. The van der Waals surface area contributed by atoms with Crippen LogP contribution < -0.4 is 15.9 Å². The van der Waals surface area contributed by atoms with Gasteiger partial charge in [0.15, 0.2) is 0 Å². The number of nitrogens with two attached hydrogens (primary N) is 1. The number of benzene rings is 1. The highest BCUT2D eigenvalue weighted by molar-refractivity contribution is 5.98. The zero-order chi connectivity index (χ0) is 25.9. The fourth-order valence-electron chi connectivity index (χ4n) is 3.47. The summed E-state index contributed by atoms with van der Waals surface area (Å²) in [6.45, 7) is 5.39. The van der Waals surface area contributed by atoms with E-state index in [1.165, 1.54) is 9.58 Å². The Balaban J connectivity index is 1.64. The molecule has 0 radical (unpaired) electrons. The number of aromatic nitrogens is 4. The van der Waals surface area contributed by atoms with Gasteiger partial charge in [0.25, 0.3) is 0 Å². The van der Waals surface area contributed by atoms with Gasteiger partial charge in [-0.25, -0.2) is 20.2 Å². The minimum Gasteiger partial charge on any atom is -0.458 e. The van der Waals surface area contributed by atoms with Gasteiger partial charge in [-0.2, -0.15) is 4.98 Å². The normalized spacial score (nSPS) is 11.2. The second-order valence-corrected chi connectivity index (χ2v) is 9.01. The van der Waals surface area contributed by atoms with E-state index in [4.69, 9.17) is 25.7 Å². The molecule has 4 N–H and O–H groups in total. The molecule has 0 saturated heterocycles. The lowest BCUT2D eigenvalue weighted by Gasteiger charge is -2.19. The van der Waals surface area contributed by atoms with Crippen LogP contribution in [0.5, 0.6) is 6.01 Å². The number of hydrogen-bond donors (Lipinski definition) is 3. The fraction of sp³-hybridized carbons (Fsp3) is 0.240. The van der Waals surface area contributed by atoms with Crippen molar-refractivity contribution in [3.8, 4) is 17.1 Å². The van der Waals surface area contributed by atoms with E-state index in [1.54, 1.807) is 58.4 Å². The lowest BCUT2D eigenvalue weighted by molar-refractivity contribution is 0.0635. The van der Waals surface area contributed by atoms with Gasteiger partial charge in [-0.1, -0.05) is 24.3 Å². The maximum Gasteiger partial charge on any atom is 0.413 e. The third kappa shape index (κ3) is 5.58. The predicted octanol–water partition coefficient (Wildman–Crippen LogP) is 4.01. The van der Waals surface area contributed by atoms with Crippen LogP contribution in [0.2, 0.25) is 0 Å². The molecule has 0 fully saturated rings. The quantitative estimate of drug-likeness (QED) is 0.165. The summed E-state index contributed by atoms with van der Waals surface area (Å²) in [6, 6.07) is 14.8. The summed E-state index contributed by atoms with van der Waals surface area (Å²) >= 11 is 0. The molecule has 0 aliphatic rings. The SMILES string of the molecule is CN(N)C(=N)n1c(OCc2cccc(NC(=O)OC(C)(C)C)n2)nc2c(-c3cccnc3)cccc21. The third-order valence-corrected chi connectivity index (χ3v) is 4.96. The number of nitrogens with zero attached hydrogens (tertiary/aromatic N) is 5. The van der Waals surface area contributed by atoms with Gasteiger partial charge in [0, 0.05) is 30.6 Å². The molecule has 186 valence electrons. The van der Waals surface area contributed by atoms with E-state index < -0.39 is 11.7 Å². The molecule has 0 atom stereocenters. The number of carbonyl (C=O) groups is 1. The molecule has 0 spiro atoms. The van der Waals surface area contributed by atoms with Crippen molar-refractivity contribution in [2.24, 2.45) is 5.84 Å². The number of pyridine rings is 2. The van der Waals surface area contributed by atoms with Crippen LogP contribution >= 0.6 is 0 Å². The third-order valence-electron chi connectivity index (χ3n) is 4.96. The lowest BCUT2D eigenvalue weighted by Crippen LogP contribution is -2.37. The first-order valence-electron chi connectivity index (χ1n) is 11.2. The molecule has 1 amide bonds. The Labute approximate surface area is 208 Å². The molecular weight excluding hydrogens is 460 g/mol. The summed E-state index contributed by atoms with van der Waals surface area (Å²) in [5.41, 5.74) is 2.94. The van der Waals surface area contributed by atoms with E-state index in [-0.39, 0.29) is 18.6 Å². The minimum absolute atomic E-state index is 0.0239. The van der Waals surface area contributed by atoms with Gasteiger partial charge in [-0.15, -0.1) is 0 Å². The van der Waals surface area contributed by atoms with Crippen molar-refractivity contribution in [1.29, 1.82) is 5.41 Å². The highest BCUT2D eigenvalue weighted by Crippen LogP contribution is 2.31. The van der Waals surface area contributed by atoms with Crippen molar-refractivity contribution in [3.05, 3.63) is 66.6 Å². The number of hydrogen-bond acceptors (Lipinski definition) is 8. The van der Waals surface area contributed by atoms with Gasteiger partial charge in [0.2, 0.25) is 5.96 Å². The van der Waals surface area contributed by atoms with Gasteiger partial charge < -0.3 is 9.47 Å². The summed E-state index contributed by atoms with van der Waals surface area (Å²) in [5, 5.41) is 12.3. The summed E-state index contributed by atoms with van der Waals surface area (Å²) < 4.78 is 12.8. The van der Waals surface area contributed by atoms with Gasteiger partial charge in [-0.05, 0) is 45.0 Å². The maximum absolute atomic E-state index is 12.1. The van der Waals surface area contributed by atoms with Crippen LogP contribution in [-0.4, -0.2) is 49.2 Å². The Kier molecular flexibility index (Phi) is 6.84. The summed E-state index contributed by atoms with van der Waals surface area (Å²) in [7, 11) is 1.57. The van der Waals surface area contributed by atoms with Gasteiger partial charge in [0.05, 0.1) is 11.2 Å². The van der Waals surface area contributed by atoms with Crippen LogP contribution in [0.4, 0.5) is 10.6 Å². The van der Waals surface area contributed by atoms with E-state index in [9.17, 15) is 4.79 Å². The molecular formula is C25H28N8O3. The van der Waals surface area contributed by atoms with Crippen molar-refractivity contribution in [2.75, 3.05) is 12.4 Å². The number of hydrazine groups is 1. The van der Waals surface area contributed by atoms with Crippen LogP contribution in [-0.2, 0) is 11.3 Å². The minimum atomic E-state index is -0.626. The molecule has 11 heteroatoms. The number of imidazole rings is 1. The molecule has 0 bridgehead atoms.